The van der Waals surface area contributed by atoms with Crippen molar-refractivity contribution in [1.82, 2.24) is 4.90 Å². The summed E-state index contributed by atoms with van der Waals surface area (Å²) in [5.41, 5.74) is 5.85. The van der Waals surface area contributed by atoms with E-state index >= 15 is 0 Å². The number of carbonyl (C=O) groups excluding carboxylic acids is 1. The number of nitrogens with zero attached hydrogens (tertiary/aromatic N) is 1. The highest BCUT2D eigenvalue weighted by Gasteiger charge is 2.21. The number of nitrogens with one attached hydrogen (secondary N) is 1. The molecule has 0 heterocycles. The van der Waals surface area contributed by atoms with E-state index in [1.165, 1.54) is 6.07 Å². The summed E-state index contributed by atoms with van der Waals surface area (Å²) in [5.74, 6) is -2.19. The Labute approximate surface area is 124 Å². The maximum Gasteiger partial charge on any atom is 0.238 e. The largest absolute Gasteiger partial charge is 0.330 e. The number of hydrogen-bond donors (Lipinski definition) is 2. The van der Waals surface area contributed by atoms with E-state index in [2.05, 4.69) is 5.32 Å². The fraction of sp³-hybridized carbons (Fsp3) is 0.533. The normalized spacial score (nSPS) is 11.8. The molecule has 3 N–H and O–H groups in total. The standard InChI is InChI=1S/C15H23F2N3O/c1-4-20(10-15(2,3)9-18)8-14(21)19-11-5-6-12(16)13(17)7-11/h5-7H,4,8-10,18H2,1-3H3,(H,19,21). The Morgan fingerprint density at radius 3 is 2.52 bits per heavy atom. The number of halogens is 2. The lowest BCUT2D eigenvalue weighted by Crippen LogP contribution is -2.42. The zero-order valence-corrected chi connectivity index (χ0v) is 12.7. The summed E-state index contributed by atoms with van der Waals surface area (Å²) < 4.78 is 25.9. The van der Waals surface area contributed by atoms with E-state index in [9.17, 15) is 13.6 Å². The number of carbonyl (C=O) groups is 1. The molecule has 4 nitrogen and oxygen atoms in total. The van der Waals surface area contributed by atoms with E-state index in [1.807, 2.05) is 25.7 Å². The van der Waals surface area contributed by atoms with Crippen LogP contribution in [0.3, 0.4) is 0 Å². The minimum absolute atomic E-state index is 0.0850. The highest BCUT2D eigenvalue weighted by atomic mass is 19.2. The number of anilines is 1. The third-order valence-corrected chi connectivity index (χ3v) is 3.22. The van der Waals surface area contributed by atoms with E-state index in [1.54, 1.807) is 0 Å². The Morgan fingerprint density at radius 1 is 1.33 bits per heavy atom. The van der Waals surface area contributed by atoms with Gasteiger partial charge in [0.1, 0.15) is 0 Å². The highest BCUT2D eigenvalue weighted by molar-refractivity contribution is 5.92. The summed E-state index contributed by atoms with van der Waals surface area (Å²) >= 11 is 0. The van der Waals surface area contributed by atoms with Crippen molar-refractivity contribution in [1.29, 1.82) is 0 Å². The molecule has 0 aliphatic rings. The van der Waals surface area contributed by atoms with E-state index in [0.29, 0.717) is 19.6 Å². The van der Waals surface area contributed by atoms with Gasteiger partial charge in [-0.2, -0.15) is 0 Å². The van der Waals surface area contributed by atoms with E-state index in [4.69, 9.17) is 5.73 Å². The summed E-state index contributed by atoms with van der Waals surface area (Å²) in [6.07, 6.45) is 0. The van der Waals surface area contributed by atoms with Crippen LogP contribution in [0.4, 0.5) is 14.5 Å². The molecule has 0 bridgehead atoms. The topological polar surface area (TPSA) is 58.4 Å². The summed E-state index contributed by atoms with van der Waals surface area (Å²) in [6, 6.07) is 3.28. The molecule has 0 aliphatic carbocycles. The average molecular weight is 299 g/mol. The van der Waals surface area contributed by atoms with Crippen LogP contribution in [-0.4, -0.2) is 37.0 Å². The summed E-state index contributed by atoms with van der Waals surface area (Å²) in [6.45, 7) is 8.11. The maximum absolute atomic E-state index is 13.1. The van der Waals surface area contributed by atoms with Crippen molar-refractivity contribution in [3.8, 4) is 0 Å². The first-order valence-electron chi connectivity index (χ1n) is 6.94. The Kier molecular flexibility index (Phi) is 6.23. The summed E-state index contributed by atoms with van der Waals surface area (Å²) in [5, 5.41) is 2.56. The second kappa shape index (κ2) is 7.47. The molecule has 21 heavy (non-hydrogen) atoms. The number of hydrogen-bond acceptors (Lipinski definition) is 3. The Morgan fingerprint density at radius 2 is 2.00 bits per heavy atom. The molecule has 1 aromatic carbocycles. The van der Waals surface area contributed by atoms with Crippen molar-refractivity contribution >= 4 is 11.6 Å². The molecule has 1 rings (SSSR count). The Bertz CT molecular complexity index is 492. The molecular formula is C15H23F2N3O. The second-order valence-electron chi connectivity index (χ2n) is 5.85. The lowest BCUT2D eigenvalue weighted by molar-refractivity contribution is -0.117. The van der Waals surface area contributed by atoms with Gasteiger partial charge in [-0.15, -0.1) is 0 Å². The van der Waals surface area contributed by atoms with Crippen LogP contribution in [0.5, 0.6) is 0 Å². The van der Waals surface area contributed by atoms with Gasteiger partial charge in [-0.05, 0) is 30.6 Å². The van der Waals surface area contributed by atoms with Crippen LogP contribution in [-0.2, 0) is 4.79 Å². The molecule has 0 spiro atoms. The Balaban J connectivity index is 2.60. The SMILES string of the molecule is CCN(CC(=O)Nc1ccc(F)c(F)c1)CC(C)(C)CN. The molecule has 6 heteroatoms. The van der Waals surface area contributed by atoms with Crippen LogP contribution in [0.15, 0.2) is 18.2 Å². The predicted molar refractivity (Wildman–Crippen MR) is 79.9 cm³/mol. The van der Waals surface area contributed by atoms with Gasteiger partial charge >= 0.3 is 0 Å². The first-order valence-corrected chi connectivity index (χ1v) is 6.94. The van der Waals surface area contributed by atoms with Gasteiger partial charge in [0.2, 0.25) is 5.91 Å². The van der Waals surface area contributed by atoms with E-state index < -0.39 is 11.6 Å². The van der Waals surface area contributed by atoms with Gasteiger partial charge in [0, 0.05) is 18.3 Å². The van der Waals surface area contributed by atoms with Crippen LogP contribution in [0.2, 0.25) is 0 Å². The van der Waals surface area contributed by atoms with Gasteiger partial charge in [0.05, 0.1) is 6.54 Å². The average Bonchev–Trinajstić information content (AvgIpc) is 2.42. The van der Waals surface area contributed by atoms with Crippen molar-refractivity contribution in [3.05, 3.63) is 29.8 Å². The molecule has 1 aromatic rings. The first-order chi connectivity index (χ1) is 9.77. The molecule has 1 amide bonds. The molecular weight excluding hydrogens is 276 g/mol. The maximum atomic E-state index is 13.1. The smallest absolute Gasteiger partial charge is 0.238 e. The van der Waals surface area contributed by atoms with E-state index in [-0.39, 0.29) is 23.6 Å². The monoisotopic (exact) mass is 299 g/mol. The predicted octanol–water partition coefficient (Wildman–Crippen LogP) is 2.21. The molecule has 0 radical (unpaired) electrons. The van der Waals surface area contributed by atoms with Gasteiger partial charge in [-0.25, -0.2) is 8.78 Å². The van der Waals surface area contributed by atoms with Crippen LogP contribution in [0.1, 0.15) is 20.8 Å². The summed E-state index contributed by atoms with van der Waals surface area (Å²) in [4.78, 5) is 13.9. The van der Waals surface area contributed by atoms with Gasteiger partial charge < -0.3 is 11.1 Å². The van der Waals surface area contributed by atoms with Crippen LogP contribution >= 0.6 is 0 Å². The van der Waals surface area contributed by atoms with Crippen molar-refractivity contribution in [2.45, 2.75) is 20.8 Å². The lowest BCUT2D eigenvalue weighted by Gasteiger charge is -2.30. The fourth-order valence-electron chi connectivity index (χ4n) is 1.93. The lowest BCUT2D eigenvalue weighted by atomic mass is 9.93. The van der Waals surface area contributed by atoms with Crippen molar-refractivity contribution in [2.75, 3.05) is 31.5 Å². The number of nitrogens with two attached hydrogens (primary N) is 1. The molecule has 0 aromatic heterocycles. The third-order valence-electron chi connectivity index (χ3n) is 3.22. The third kappa shape index (κ3) is 5.77. The quantitative estimate of drug-likeness (QED) is 0.811. The Hall–Kier alpha value is -1.53. The van der Waals surface area contributed by atoms with Crippen LogP contribution in [0.25, 0.3) is 0 Å². The zero-order valence-electron chi connectivity index (χ0n) is 12.7. The van der Waals surface area contributed by atoms with Gasteiger partial charge in [-0.1, -0.05) is 20.8 Å². The van der Waals surface area contributed by atoms with Crippen molar-refractivity contribution in [3.63, 3.8) is 0 Å². The van der Waals surface area contributed by atoms with Gasteiger partial charge in [0.25, 0.3) is 0 Å². The number of amides is 1. The first kappa shape index (κ1) is 17.5. The minimum atomic E-state index is -0.982. The number of rotatable bonds is 7. The van der Waals surface area contributed by atoms with Crippen molar-refractivity contribution in [2.24, 2.45) is 11.1 Å². The highest BCUT2D eigenvalue weighted by Crippen LogP contribution is 2.15. The minimum Gasteiger partial charge on any atom is -0.330 e. The number of benzene rings is 1. The van der Waals surface area contributed by atoms with Crippen LogP contribution in [0, 0.1) is 17.0 Å². The van der Waals surface area contributed by atoms with Gasteiger partial charge in [-0.3, -0.25) is 9.69 Å². The van der Waals surface area contributed by atoms with E-state index in [0.717, 1.165) is 12.1 Å². The molecule has 0 saturated heterocycles. The molecule has 0 unspecified atom stereocenters. The molecule has 0 aliphatic heterocycles. The summed E-state index contributed by atoms with van der Waals surface area (Å²) in [7, 11) is 0. The fourth-order valence-corrected chi connectivity index (χ4v) is 1.93. The molecule has 0 fully saturated rings. The van der Waals surface area contributed by atoms with Crippen LogP contribution < -0.4 is 11.1 Å². The number of likely N-dealkylation sites (N-methyl/N-ethyl adjacent to an activating group) is 1. The van der Waals surface area contributed by atoms with Gasteiger partial charge in [0.15, 0.2) is 11.6 Å². The zero-order chi connectivity index (χ0) is 16.0. The molecule has 0 saturated carbocycles. The van der Waals surface area contributed by atoms with Crippen molar-refractivity contribution < 1.29 is 13.6 Å². The second-order valence-corrected chi connectivity index (χ2v) is 5.85. The molecule has 0 atom stereocenters. The molecule has 118 valence electrons.